The minimum Gasteiger partial charge on any atom is -0.299 e. The van der Waals surface area contributed by atoms with Crippen molar-refractivity contribution in [3.63, 3.8) is 0 Å². The number of benzene rings is 2. The molecule has 2 rings (SSSR count). The summed E-state index contributed by atoms with van der Waals surface area (Å²) in [5, 5.41) is 0. The first-order chi connectivity index (χ1) is 9.11. The lowest BCUT2D eigenvalue weighted by molar-refractivity contribution is -0.118. The highest BCUT2D eigenvalue weighted by Gasteiger charge is 2.19. The van der Waals surface area contributed by atoms with Crippen molar-refractivity contribution in [2.75, 3.05) is 0 Å². The number of ketones is 2. The maximum absolute atomic E-state index is 12.5. The van der Waals surface area contributed by atoms with Crippen LogP contribution in [0.4, 0.5) is 0 Å². The van der Waals surface area contributed by atoms with Gasteiger partial charge in [0.25, 0.3) is 0 Å². The quantitative estimate of drug-likeness (QED) is 0.779. The van der Waals surface area contributed by atoms with Gasteiger partial charge < -0.3 is 0 Å². The predicted molar refractivity (Wildman–Crippen MR) is 75.4 cm³/mol. The number of hydrogen-bond acceptors (Lipinski definition) is 2. The molecule has 0 amide bonds. The van der Waals surface area contributed by atoms with Crippen molar-refractivity contribution in [2.24, 2.45) is 0 Å². The van der Waals surface area contributed by atoms with E-state index in [9.17, 15) is 9.59 Å². The molecule has 0 spiro atoms. The summed E-state index contributed by atoms with van der Waals surface area (Å²) >= 11 is 0. The zero-order valence-electron chi connectivity index (χ0n) is 11.1. The maximum Gasteiger partial charge on any atom is 0.193 e. The fourth-order valence-electron chi connectivity index (χ4n) is 2.05. The van der Waals surface area contributed by atoms with Gasteiger partial charge in [-0.05, 0) is 12.5 Å². The molecule has 0 aliphatic heterocycles. The van der Waals surface area contributed by atoms with Crippen molar-refractivity contribution >= 4 is 11.6 Å². The minimum atomic E-state index is -0.260. The van der Waals surface area contributed by atoms with Gasteiger partial charge >= 0.3 is 0 Å². The van der Waals surface area contributed by atoms with Gasteiger partial charge in [0.1, 0.15) is 5.78 Å². The summed E-state index contributed by atoms with van der Waals surface area (Å²) in [5.41, 5.74) is 2.05. The van der Waals surface area contributed by atoms with Crippen molar-refractivity contribution in [2.45, 2.75) is 19.8 Å². The van der Waals surface area contributed by atoms with Crippen LogP contribution in [0.1, 0.15) is 41.3 Å². The molecule has 0 aliphatic rings. The zero-order valence-corrected chi connectivity index (χ0v) is 11.1. The second-order valence-electron chi connectivity index (χ2n) is 4.61. The summed E-state index contributed by atoms with van der Waals surface area (Å²) in [6, 6.07) is 16.4. The van der Waals surface area contributed by atoms with Crippen molar-refractivity contribution < 1.29 is 9.59 Å². The number of carbonyl (C=O) groups is 2. The fraction of sp³-hybridized carbons (Fsp3) is 0.176. The maximum atomic E-state index is 12.5. The van der Waals surface area contributed by atoms with Crippen molar-refractivity contribution in [1.29, 1.82) is 0 Å². The SMILES string of the molecule is CC(=O)C(C)c1ccccc1C(=O)c1ccccc1. The Hall–Kier alpha value is -2.22. The Morgan fingerprint density at radius 1 is 0.895 bits per heavy atom. The Bertz CT molecular complexity index is 600. The predicted octanol–water partition coefficient (Wildman–Crippen LogP) is 3.61. The lowest BCUT2D eigenvalue weighted by Gasteiger charge is -2.13. The summed E-state index contributed by atoms with van der Waals surface area (Å²) in [6.45, 7) is 3.38. The van der Waals surface area contributed by atoms with E-state index in [-0.39, 0.29) is 17.5 Å². The van der Waals surface area contributed by atoms with Crippen LogP contribution in [0.25, 0.3) is 0 Å². The van der Waals surface area contributed by atoms with E-state index >= 15 is 0 Å². The highest BCUT2D eigenvalue weighted by atomic mass is 16.1. The molecule has 0 bridgehead atoms. The Balaban J connectivity index is 2.46. The molecule has 0 heterocycles. The van der Waals surface area contributed by atoms with E-state index < -0.39 is 0 Å². The van der Waals surface area contributed by atoms with Crippen LogP contribution < -0.4 is 0 Å². The smallest absolute Gasteiger partial charge is 0.193 e. The normalized spacial score (nSPS) is 11.9. The molecule has 0 fully saturated rings. The summed E-state index contributed by atoms with van der Waals surface area (Å²) in [6.07, 6.45) is 0. The van der Waals surface area contributed by atoms with Crippen LogP contribution in [-0.2, 0) is 4.79 Å². The van der Waals surface area contributed by atoms with E-state index in [1.165, 1.54) is 0 Å². The van der Waals surface area contributed by atoms with Crippen LogP contribution in [0, 0.1) is 0 Å². The van der Waals surface area contributed by atoms with Crippen LogP contribution in [0.5, 0.6) is 0 Å². The van der Waals surface area contributed by atoms with Gasteiger partial charge in [-0.1, -0.05) is 61.5 Å². The van der Waals surface area contributed by atoms with E-state index in [0.717, 1.165) is 5.56 Å². The van der Waals surface area contributed by atoms with Gasteiger partial charge in [0.15, 0.2) is 5.78 Å². The highest BCUT2D eigenvalue weighted by molar-refractivity contribution is 6.10. The summed E-state index contributed by atoms with van der Waals surface area (Å²) in [4.78, 5) is 24.0. The molecule has 1 unspecified atom stereocenters. The molecule has 0 N–H and O–H groups in total. The van der Waals surface area contributed by atoms with Crippen molar-refractivity contribution in [1.82, 2.24) is 0 Å². The summed E-state index contributed by atoms with van der Waals surface area (Å²) in [5.74, 6) is -0.235. The lowest BCUT2D eigenvalue weighted by Crippen LogP contribution is -2.11. The number of Topliss-reactive ketones (excluding diaryl/α,β-unsaturated/α-hetero) is 1. The Labute approximate surface area is 113 Å². The standard InChI is InChI=1S/C17H16O2/c1-12(13(2)18)15-10-6-7-11-16(15)17(19)14-8-4-3-5-9-14/h3-12H,1-2H3. The third-order valence-corrected chi connectivity index (χ3v) is 3.32. The van der Waals surface area contributed by atoms with E-state index in [2.05, 4.69) is 0 Å². The monoisotopic (exact) mass is 252 g/mol. The van der Waals surface area contributed by atoms with Gasteiger partial charge in [0.05, 0.1) is 0 Å². The minimum absolute atomic E-state index is 0.0377. The molecule has 96 valence electrons. The molecule has 0 radical (unpaired) electrons. The van der Waals surface area contributed by atoms with Crippen LogP contribution in [0.2, 0.25) is 0 Å². The highest BCUT2D eigenvalue weighted by Crippen LogP contribution is 2.23. The first-order valence-electron chi connectivity index (χ1n) is 6.30. The van der Waals surface area contributed by atoms with Gasteiger partial charge in [-0.3, -0.25) is 9.59 Å². The number of hydrogen-bond donors (Lipinski definition) is 0. The van der Waals surface area contributed by atoms with Gasteiger partial charge in [0, 0.05) is 17.0 Å². The molecular weight excluding hydrogens is 236 g/mol. The van der Waals surface area contributed by atoms with Crippen LogP contribution in [-0.4, -0.2) is 11.6 Å². The fourth-order valence-corrected chi connectivity index (χ4v) is 2.05. The van der Waals surface area contributed by atoms with Gasteiger partial charge in [-0.25, -0.2) is 0 Å². The molecular formula is C17H16O2. The first-order valence-corrected chi connectivity index (χ1v) is 6.30. The molecule has 0 aliphatic carbocycles. The average molecular weight is 252 g/mol. The topological polar surface area (TPSA) is 34.1 Å². The Kier molecular flexibility index (Phi) is 3.91. The van der Waals surface area contributed by atoms with Gasteiger partial charge in [-0.15, -0.1) is 0 Å². The zero-order chi connectivity index (χ0) is 13.8. The first kappa shape index (κ1) is 13.2. The molecule has 19 heavy (non-hydrogen) atoms. The van der Waals surface area contributed by atoms with Crippen molar-refractivity contribution in [3.05, 3.63) is 71.3 Å². The molecule has 2 heteroatoms. The Morgan fingerprint density at radius 3 is 2.11 bits per heavy atom. The van der Waals surface area contributed by atoms with Crippen LogP contribution in [0.15, 0.2) is 54.6 Å². The molecule has 1 atom stereocenters. The average Bonchev–Trinajstić information content (AvgIpc) is 2.46. The van der Waals surface area contributed by atoms with Crippen LogP contribution >= 0.6 is 0 Å². The van der Waals surface area contributed by atoms with E-state index in [4.69, 9.17) is 0 Å². The Morgan fingerprint density at radius 2 is 1.47 bits per heavy atom. The number of rotatable bonds is 4. The molecule has 0 saturated carbocycles. The second-order valence-corrected chi connectivity index (χ2v) is 4.61. The molecule has 2 nitrogen and oxygen atoms in total. The van der Waals surface area contributed by atoms with Gasteiger partial charge in [-0.2, -0.15) is 0 Å². The van der Waals surface area contributed by atoms with E-state index in [0.29, 0.717) is 11.1 Å². The largest absolute Gasteiger partial charge is 0.299 e. The number of carbonyl (C=O) groups excluding carboxylic acids is 2. The van der Waals surface area contributed by atoms with Crippen LogP contribution in [0.3, 0.4) is 0 Å². The third-order valence-electron chi connectivity index (χ3n) is 3.32. The summed E-state index contributed by atoms with van der Waals surface area (Å²) in [7, 11) is 0. The third kappa shape index (κ3) is 2.79. The molecule has 2 aromatic carbocycles. The second kappa shape index (κ2) is 5.61. The van der Waals surface area contributed by atoms with Gasteiger partial charge in [0.2, 0.25) is 0 Å². The molecule has 0 saturated heterocycles. The molecule has 2 aromatic rings. The summed E-state index contributed by atoms with van der Waals surface area (Å²) < 4.78 is 0. The lowest BCUT2D eigenvalue weighted by atomic mass is 9.89. The van der Waals surface area contributed by atoms with E-state index in [1.54, 1.807) is 25.1 Å². The van der Waals surface area contributed by atoms with Crippen molar-refractivity contribution in [3.8, 4) is 0 Å². The molecule has 0 aromatic heterocycles. The van der Waals surface area contributed by atoms with E-state index in [1.807, 2.05) is 43.3 Å².